The molecule has 0 bridgehead atoms. The van der Waals surface area contributed by atoms with Gasteiger partial charge in [0.05, 0.1) is 23.4 Å². The van der Waals surface area contributed by atoms with Gasteiger partial charge < -0.3 is 14.5 Å². The van der Waals surface area contributed by atoms with E-state index in [1.807, 2.05) is 32.0 Å². The van der Waals surface area contributed by atoms with Gasteiger partial charge in [-0.1, -0.05) is 23.2 Å². The van der Waals surface area contributed by atoms with Crippen LogP contribution in [0.5, 0.6) is 5.75 Å². The zero-order valence-electron chi connectivity index (χ0n) is 16.5. The average molecular weight is 441 g/mol. The molecule has 0 fully saturated rings. The Morgan fingerprint density at radius 2 is 1.80 bits per heavy atom. The third kappa shape index (κ3) is 3.86. The van der Waals surface area contributed by atoms with Crippen molar-refractivity contribution in [3.8, 4) is 17.2 Å². The fourth-order valence-corrected chi connectivity index (χ4v) is 3.48. The van der Waals surface area contributed by atoms with Crippen molar-refractivity contribution < 1.29 is 13.9 Å². The summed E-state index contributed by atoms with van der Waals surface area (Å²) in [7, 11) is 1.53. The van der Waals surface area contributed by atoms with E-state index in [1.165, 1.54) is 13.2 Å². The molecule has 4 aromatic rings. The van der Waals surface area contributed by atoms with Crippen LogP contribution in [0.4, 0.5) is 5.69 Å². The smallest absolute Gasteiger partial charge is 0.257 e. The third-order valence-corrected chi connectivity index (χ3v) is 5.44. The summed E-state index contributed by atoms with van der Waals surface area (Å²) < 4.78 is 11.3. The van der Waals surface area contributed by atoms with Crippen LogP contribution in [0.1, 0.15) is 21.5 Å². The molecule has 1 heterocycles. The van der Waals surface area contributed by atoms with E-state index >= 15 is 0 Å². The molecule has 7 heteroatoms. The number of fused-ring (bicyclic) bond motifs is 1. The van der Waals surface area contributed by atoms with Gasteiger partial charge in [0.25, 0.3) is 5.91 Å². The fraction of sp³-hybridized carbons (Fsp3) is 0.130. The van der Waals surface area contributed by atoms with Crippen LogP contribution in [0.25, 0.3) is 22.6 Å². The Bertz CT molecular complexity index is 1240. The molecule has 30 heavy (non-hydrogen) atoms. The lowest BCUT2D eigenvalue weighted by molar-refractivity contribution is 0.102. The van der Waals surface area contributed by atoms with E-state index < -0.39 is 5.91 Å². The average Bonchev–Trinajstić information content (AvgIpc) is 3.12. The number of aromatic nitrogens is 1. The lowest BCUT2D eigenvalue weighted by Gasteiger charge is -2.12. The number of methoxy groups -OCH3 is 1. The molecule has 0 atom stereocenters. The van der Waals surface area contributed by atoms with Gasteiger partial charge in [0.15, 0.2) is 5.58 Å². The number of carbonyl (C=O) groups excluding carboxylic acids is 1. The zero-order chi connectivity index (χ0) is 21.4. The monoisotopic (exact) mass is 440 g/mol. The second kappa shape index (κ2) is 8.01. The van der Waals surface area contributed by atoms with Crippen LogP contribution < -0.4 is 10.1 Å². The Balaban J connectivity index is 1.72. The van der Waals surface area contributed by atoms with Crippen LogP contribution in [0.15, 0.2) is 52.9 Å². The largest absolute Gasteiger partial charge is 0.495 e. The van der Waals surface area contributed by atoms with E-state index in [0.717, 1.165) is 16.6 Å². The molecular weight excluding hydrogens is 423 g/mol. The number of hydrogen-bond donors (Lipinski definition) is 1. The standard InChI is InChI=1S/C23H18Cl2N2O3/c1-12-8-18-21(9-13(12)2)30-23(27-18)14-4-7-20(29-3)19(10-14)26-22(28)16-11-15(24)5-6-17(16)25/h4-11H,1-3H3,(H,26,28). The molecule has 1 aromatic heterocycles. The topological polar surface area (TPSA) is 64.4 Å². The Morgan fingerprint density at radius 3 is 2.57 bits per heavy atom. The number of carbonyl (C=O) groups is 1. The van der Waals surface area contributed by atoms with Gasteiger partial charge in [-0.05, 0) is 73.5 Å². The minimum Gasteiger partial charge on any atom is -0.495 e. The van der Waals surface area contributed by atoms with Crippen molar-refractivity contribution in [2.75, 3.05) is 12.4 Å². The summed E-state index contributed by atoms with van der Waals surface area (Å²) in [5.41, 5.74) is 5.19. The van der Waals surface area contributed by atoms with E-state index in [1.54, 1.807) is 24.3 Å². The summed E-state index contributed by atoms with van der Waals surface area (Å²) in [4.78, 5) is 17.4. The van der Waals surface area contributed by atoms with Crippen LogP contribution in [-0.2, 0) is 0 Å². The maximum atomic E-state index is 12.8. The molecule has 0 aliphatic carbocycles. The molecule has 1 amide bonds. The van der Waals surface area contributed by atoms with Crippen molar-refractivity contribution >= 4 is 45.9 Å². The van der Waals surface area contributed by atoms with E-state index in [4.69, 9.17) is 32.4 Å². The quantitative estimate of drug-likeness (QED) is 0.384. The Hall–Kier alpha value is -3.02. The number of aryl methyl sites for hydroxylation is 2. The van der Waals surface area contributed by atoms with Crippen LogP contribution in [-0.4, -0.2) is 18.0 Å². The highest BCUT2D eigenvalue weighted by atomic mass is 35.5. The molecule has 5 nitrogen and oxygen atoms in total. The number of halogens is 2. The van der Waals surface area contributed by atoms with E-state index in [-0.39, 0.29) is 5.56 Å². The van der Waals surface area contributed by atoms with E-state index in [0.29, 0.717) is 38.5 Å². The molecule has 4 rings (SSSR count). The Kier molecular flexibility index (Phi) is 5.41. The molecule has 0 aliphatic rings. The number of benzene rings is 3. The van der Waals surface area contributed by atoms with Gasteiger partial charge in [-0.2, -0.15) is 0 Å². The van der Waals surface area contributed by atoms with Crippen molar-refractivity contribution in [3.05, 3.63) is 75.3 Å². The lowest BCUT2D eigenvalue weighted by Crippen LogP contribution is -2.13. The predicted octanol–water partition coefficient (Wildman–Crippen LogP) is 6.68. The van der Waals surface area contributed by atoms with Gasteiger partial charge in [-0.15, -0.1) is 0 Å². The molecule has 0 saturated carbocycles. The summed E-state index contributed by atoms with van der Waals surface area (Å²) in [5, 5.41) is 3.55. The molecular formula is C23H18Cl2N2O3. The SMILES string of the molecule is COc1ccc(-c2nc3cc(C)c(C)cc3o2)cc1NC(=O)c1cc(Cl)ccc1Cl. The number of rotatable bonds is 4. The van der Waals surface area contributed by atoms with Crippen LogP contribution in [0.3, 0.4) is 0 Å². The fourth-order valence-electron chi connectivity index (χ4n) is 3.10. The molecule has 0 saturated heterocycles. The predicted molar refractivity (Wildman–Crippen MR) is 120 cm³/mol. The van der Waals surface area contributed by atoms with Gasteiger partial charge in [0.1, 0.15) is 11.3 Å². The van der Waals surface area contributed by atoms with Gasteiger partial charge in [0, 0.05) is 10.6 Å². The summed E-state index contributed by atoms with van der Waals surface area (Å²) >= 11 is 12.2. The van der Waals surface area contributed by atoms with Crippen molar-refractivity contribution in [3.63, 3.8) is 0 Å². The minimum atomic E-state index is -0.401. The second-order valence-electron chi connectivity index (χ2n) is 6.92. The van der Waals surface area contributed by atoms with Crippen molar-refractivity contribution in [2.24, 2.45) is 0 Å². The second-order valence-corrected chi connectivity index (χ2v) is 7.76. The van der Waals surface area contributed by atoms with Crippen molar-refractivity contribution in [2.45, 2.75) is 13.8 Å². The Labute approximate surface area is 183 Å². The molecule has 0 unspecified atom stereocenters. The number of anilines is 1. The molecule has 0 aliphatic heterocycles. The normalized spacial score (nSPS) is 11.0. The first-order valence-corrected chi connectivity index (χ1v) is 9.94. The van der Waals surface area contributed by atoms with Gasteiger partial charge in [-0.3, -0.25) is 4.79 Å². The first-order chi connectivity index (χ1) is 14.4. The summed E-state index contributed by atoms with van der Waals surface area (Å²) in [6.45, 7) is 4.06. The maximum absolute atomic E-state index is 12.8. The third-order valence-electron chi connectivity index (χ3n) is 4.87. The number of ether oxygens (including phenoxy) is 1. The number of nitrogens with zero attached hydrogens (tertiary/aromatic N) is 1. The molecule has 0 spiro atoms. The van der Waals surface area contributed by atoms with Gasteiger partial charge in [0.2, 0.25) is 5.89 Å². The molecule has 1 N–H and O–H groups in total. The van der Waals surface area contributed by atoms with Crippen molar-refractivity contribution in [1.29, 1.82) is 0 Å². The Morgan fingerprint density at radius 1 is 1.03 bits per heavy atom. The number of nitrogens with one attached hydrogen (secondary N) is 1. The van der Waals surface area contributed by atoms with E-state index in [2.05, 4.69) is 10.3 Å². The lowest BCUT2D eigenvalue weighted by atomic mass is 10.1. The summed E-state index contributed by atoms with van der Waals surface area (Å²) in [6, 6.07) is 14.0. The minimum absolute atomic E-state index is 0.268. The van der Waals surface area contributed by atoms with Crippen molar-refractivity contribution in [1.82, 2.24) is 4.98 Å². The molecule has 3 aromatic carbocycles. The highest BCUT2D eigenvalue weighted by Gasteiger charge is 2.16. The van der Waals surface area contributed by atoms with Crippen LogP contribution >= 0.6 is 23.2 Å². The first-order valence-electron chi connectivity index (χ1n) is 9.18. The summed E-state index contributed by atoms with van der Waals surface area (Å²) in [6.07, 6.45) is 0. The molecule has 0 radical (unpaired) electrons. The highest BCUT2D eigenvalue weighted by Crippen LogP contribution is 2.33. The number of oxazole rings is 1. The first kappa shape index (κ1) is 20.3. The zero-order valence-corrected chi connectivity index (χ0v) is 18.1. The van der Waals surface area contributed by atoms with Gasteiger partial charge in [-0.25, -0.2) is 4.98 Å². The molecule has 152 valence electrons. The number of amides is 1. The number of hydrogen-bond acceptors (Lipinski definition) is 4. The summed E-state index contributed by atoms with van der Waals surface area (Å²) in [5.74, 6) is 0.545. The van der Waals surface area contributed by atoms with Crippen LogP contribution in [0.2, 0.25) is 10.0 Å². The van der Waals surface area contributed by atoms with Crippen LogP contribution in [0, 0.1) is 13.8 Å². The highest BCUT2D eigenvalue weighted by molar-refractivity contribution is 6.36. The van der Waals surface area contributed by atoms with E-state index in [9.17, 15) is 4.79 Å². The van der Waals surface area contributed by atoms with Gasteiger partial charge >= 0.3 is 0 Å². The maximum Gasteiger partial charge on any atom is 0.257 e.